The van der Waals surface area contributed by atoms with E-state index in [0.717, 1.165) is 8.61 Å². The van der Waals surface area contributed by atoms with Gasteiger partial charge in [-0.15, -0.1) is 0 Å². The van der Waals surface area contributed by atoms with Gasteiger partial charge in [0.25, 0.3) is 5.91 Å². The highest BCUT2D eigenvalue weighted by Gasteiger charge is 2.43. The van der Waals surface area contributed by atoms with Gasteiger partial charge in [0.15, 0.2) is 0 Å². The van der Waals surface area contributed by atoms with Gasteiger partial charge < -0.3 is 0 Å². The van der Waals surface area contributed by atoms with Gasteiger partial charge in [-0.05, 0) is 31.2 Å². The van der Waals surface area contributed by atoms with Crippen molar-refractivity contribution in [2.45, 2.75) is 43.5 Å². The molecule has 0 aromatic heterocycles. The van der Waals surface area contributed by atoms with Crippen molar-refractivity contribution in [2.24, 2.45) is 10.5 Å². The maximum absolute atomic E-state index is 13.4. The van der Waals surface area contributed by atoms with Crippen LogP contribution in [-0.2, 0) is 24.8 Å². The zero-order chi connectivity index (χ0) is 25.1. The van der Waals surface area contributed by atoms with Crippen LogP contribution >= 0.6 is 0 Å². The molecule has 0 saturated carbocycles. The van der Waals surface area contributed by atoms with Crippen LogP contribution in [0.4, 0.5) is 0 Å². The lowest BCUT2D eigenvalue weighted by Gasteiger charge is -2.38. The van der Waals surface area contributed by atoms with Gasteiger partial charge in [0.1, 0.15) is 6.04 Å². The molecule has 1 fully saturated rings. The summed E-state index contributed by atoms with van der Waals surface area (Å²) in [6.45, 7) is 6.95. The van der Waals surface area contributed by atoms with Crippen LogP contribution in [0.2, 0.25) is 0 Å². The largest absolute Gasteiger partial charge is 0.271 e. The number of amides is 1. The predicted octanol–water partition coefficient (Wildman–Crippen LogP) is 2.29. The number of piperazine rings is 1. The monoisotopic (exact) mass is 506 g/mol. The molecular formula is C23H30N4O5S2. The lowest BCUT2D eigenvalue weighted by molar-refractivity contribution is -0.125. The van der Waals surface area contributed by atoms with Gasteiger partial charge >= 0.3 is 0 Å². The molecule has 184 valence electrons. The first kappa shape index (κ1) is 26.0. The molecule has 9 nitrogen and oxygen atoms in total. The first-order valence-electron chi connectivity index (χ1n) is 10.8. The molecule has 1 N–H and O–H groups in total. The smallest absolute Gasteiger partial charge is 0.259 e. The van der Waals surface area contributed by atoms with E-state index < -0.39 is 32.0 Å². The van der Waals surface area contributed by atoms with Crippen molar-refractivity contribution in [3.63, 3.8) is 0 Å². The van der Waals surface area contributed by atoms with E-state index in [-0.39, 0.29) is 34.8 Å². The Balaban J connectivity index is 1.97. The van der Waals surface area contributed by atoms with Gasteiger partial charge in [-0.3, -0.25) is 4.79 Å². The molecule has 1 saturated heterocycles. The van der Waals surface area contributed by atoms with Gasteiger partial charge in [-0.1, -0.05) is 57.2 Å². The first-order chi connectivity index (χ1) is 15.8. The van der Waals surface area contributed by atoms with E-state index in [4.69, 9.17) is 0 Å². The summed E-state index contributed by atoms with van der Waals surface area (Å²) in [4.78, 5) is 13.3. The van der Waals surface area contributed by atoms with Crippen molar-refractivity contribution in [2.75, 3.05) is 19.6 Å². The molecule has 2 aromatic carbocycles. The number of nitrogens with zero attached hydrogens (tertiary/aromatic N) is 3. The van der Waals surface area contributed by atoms with Crippen LogP contribution in [0.15, 0.2) is 75.6 Å². The number of hydrogen-bond donors (Lipinski definition) is 1. The zero-order valence-corrected chi connectivity index (χ0v) is 21.3. The normalized spacial score (nSPS) is 19.1. The number of hydrazone groups is 1. The van der Waals surface area contributed by atoms with Gasteiger partial charge in [0, 0.05) is 30.8 Å². The van der Waals surface area contributed by atoms with Crippen LogP contribution in [0, 0.1) is 5.41 Å². The second-order valence-electron chi connectivity index (χ2n) is 9.04. The Bertz CT molecular complexity index is 1260. The Hall–Kier alpha value is -2.60. The van der Waals surface area contributed by atoms with E-state index in [1.54, 1.807) is 43.3 Å². The minimum Gasteiger partial charge on any atom is -0.271 e. The minimum atomic E-state index is -4.05. The molecular weight excluding hydrogens is 476 g/mol. The van der Waals surface area contributed by atoms with Crippen molar-refractivity contribution >= 4 is 31.7 Å². The molecule has 0 bridgehead atoms. The van der Waals surface area contributed by atoms with E-state index in [1.807, 2.05) is 20.8 Å². The lowest BCUT2D eigenvalue weighted by Crippen LogP contribution is -2.60. The lowest BCUT2D eigenvalue weighted by atomic mass is 9.91. The van der Waals surface area contributed by atoms with Gasteiger partial charge in [0.2, 0.25) is 20.0 Å². The third kappa shape index (κ3) is 5.54. The Morgan fingerprint density at radius 1 is 0.882 bits per heavy atom. The van der Waals surface area contributed by atoms with Crippen LogP contribution < -0.4 is 5.43 Å². The molecule has 1 amide bonds. The molecule has 0 aliphatic carbocycles. The van der Waals surface area contributed by atoms with Crippen molar-refractivity contribution in [3.8, 4) is 0 Å². The molecule has 0 radical (unpaired) electrons. The van der Waals surface area contributed by atoms with E-state index in [0.29, 0.717) is 5.71 Å². The maximum atomic E-state index is 13.4. The average molecular weight is 507 g/mol. The fraction of sp³-hybridized carbons (Fsp3) is 0.391. The Morgan fingerprint density at radius 2 is 1.38 bits per heavy atom. The molecule has 0 spiro atoms. The van der Waals surface area contributed by atoms with Crippen molar-refractivity contribution in [1.29, 1.82) is 0 Å². The molecule has 1 atom stereocenters. The standard InChI is InChI=1S/C23H30N4O5S2/c1-18(23(2,3)4)24-25-22(28)21-17-26(33(29,30)19-11-7-5-8-12-19)15-16-27(21)34(31,32)20-13-9-6-10-14-20/h5-14,21H,15-17H2,1-4H3,(H,25,28)/b24-18+. The summed E-state index contributed by atoms with van der Waals surface area (Å²) in [6, 6.07) is 14.3. The number of rotatable bonds is 6. The molecule has 3 rings (SSSR count). The maximum Gasteiger partial charge on any atom is 0.259 e. The Morgan fingerprint density at radius 3 is 1.88 bits per heavy atom. The van der Waals surface area contributed by atoms with E-state index in [9.17, 15) is 21.6 Å². The fourth-order valence-electron chi connectivity index (χ4n) is 3.31. The predicted molar refractivity (Wildman–Crippen MR) is 130 cm³/mol. The summed E-state index contributed by atoms with van der Waals surface area (Å²) in [7, 11) is -7.97. The van der Waals surface area contributed by atoms with Crippen LogP contribution in [-0.4, -0.2) is 62.7 Å². The molecule has 1 heterocycles. The number of hydrogen-bond acceptors (Lipinski definition) is 6. The molecule has 11 heteroatoms. The molecule has 1 aliphatic heterocycles. The number of carbonyl (C=O) groups excluding carboxylic acids is 1. The van der Waals surface area contributed by atoms with Crippen LogP contribution in [0.5, 0.6) is 0 Å². The summed E-state index contributed by atoms with van der Waals surface area (Å²) < 4.78 is 55.3. The summed E-state index contributed by atoms with van der Waals surface area (Å²) in [6.07, 6.45) is 0. The summed E-state index contributed by atoms with van der Waals surface area (Å²) in [5, 5.41) is 4.13. The summed E-state index contributed by atoms with van der Waals surface area (Å²) in [5.74, 6) is -0.698. The van der Waals surface area contributed by atoms with E-state index >= 15 is 0 Å². The van der Waals surface area contributed by atoms with E-state index in [2.05, 4.69) is 10.5 Å². The second kappa shape index (κ2) is 9.95. The van der Waals surface area contributed by atoms with Crippen molar-refractivity contribution < 1.29 is 21.6 Å². The van der Waals surface area contributed by atoms with Crippen LogP contribution in [0.3, 0.4) is 0 Å². The quantitative estimate of drug-likeness (QED) is 0.477. The third-order valence-electron chi connectivity index (χ3n) is 5.75. The Labute approximate surface area is 201 Å². The summed E-state index contributed by atoms with van der Waals surface area (Å²) >= 11 is 0. The topological polar surface area (TPSA) is 116 Å². The molecule has 34 heavy (non-hydrogen) atoms. The zero-order valence-electron chi connectivity index (χ0n) is 19.7. The highest BCUT2D eigenvalue weighted by molar-refractivity contribution is 7.89. The van der Waals surface area contributed by atoms with Crippen molar-refractivity contribution in [3.05, 3.63) is 60.7 Å². The SMILES string of the molecule is C/C(=N\NC(=O)C1CN(S(=O)(=O)c2ccccc2)CCN1S(=O)(=O)c1ccccc1)C(C)(C)C. The number of sulfonamides is 2. The summed E-state index contributed by atoms with van der Waals surface area (Å²) in [5.41, 5.74) is 2.78. The molecule has 1 aliphatic rings. The molecule has 1 unspecified atom stereocenters. The minimum absolute atomic E-state index is 0.0292. The van der Waals surface area contributed by atoms with Gasteiger partial charge in [-0.25, -0.2) is 22.3 Å². The van der Waals surface area contributed by atoms with E-state index in [1.165, 1.54) is 24.3 Å². The second-order valence-corrected chi connectivity index (χ2v) is 12.9. The average Bonchev–Trinajstić information content (AvgIpc) is 2.82. The van der Waals surface area contributed by atoms with Gasteiger partial charge in [-0.2, -0.15) is 13.7 Å². The number of benzene rings is 2. The highest BCUT2D eigenvalue weighted by Crippen LogP contribution is 2.25. The fourth-order valence-corrected chi connectivity index (χ4v) is 6.36. The molecule has 2 aromatic rings. The number of carbonyl (C=O) groups is 1. The third-order valence-corrected chi connectivity index (χ3v) is 9.55. The number of nitrogens with one attached hydrogen (secondary N) is 1. The van der Waals surface area contributed by atoms with Crippen LogP contribution in [0.1, 0.15) is 27.7 Å². The van der Waals surface area contributed by atoms with Crippen LogP contribution in [0.25, 0.3) is 0 Å². The van der Waals surface area contributed by atoms with Crippen molar-refractivity contribution in [1.82, 2.24) is 14.0 Å². The Kier molecular flexibility index (Phi) is 7.61. The highest BCUT2D eigenvalue weighted by atomic mass is 32.2. The van der Waals surface area contributed by atoms with Gasteiger partial charge in [0.05, 0.1) is 9.79 Å². The first-order valence-corrected chi connectivity index (χ1v) is 13.7.